The number of hydrogen-bond acceptors (Lipinski definition) is 4. The highest BCUT2D eigenvalue weighted by molar-refractivity contribution is 6.05. The van der Waals surface area contributed by atoms with Crippen LogP contribution in [0.3, 0.4) is 0 Å². The van der Waals surface area contributed by atoms with Crippen LogP contribution in [0.15, 0.2) is 42.5 Å². The molecule has 2 aliphatic heterocycles. The SMILES string of the molecule is COc1ccc(CN2C(=O)C3Cc4c([nH]c5ccc(OC)cc45)C(C)N3C2=O)cc1. The van der Waals surface area contributed by atoms with E-state index < -0.39 is 6.04 Å². The normalized spacial score (nSPS) is 20.5. The van der Waals surface area contributed by atoms with Gasteiger partial charge in [0, 0.05) is 23.0 Å². The van der Waals surface area contributed by atoms with Gasteiger partial charge in [0.25, 0.3) is 5.91 Å². The average molecular weight is 405 g/mol. The summed E-state index contributed by atoms with van der Waals surface area (Å²) < 4.78 is 10.6. The number of aromatic amines is 1. The Kier molecular flexibility index (Phi) is 4.20. The van der Waals surface area contributed by atoms with E-state index in [1.807, 2.05) is 49.4 Å². The highest BCUT2D eigenvalue weighted by atomic mass is 16.5. The van der Waals surface area contributed by atoms with E-state index in [9.17, 15) is 9.59 Å². The number of nitrogens with one attached hydrogen (secondary N) is 1. The van der Waals surface area contributed by atoms with E-state index in [-0.39, 0.29) is 24.5 Å². The van der Waals surface area contributed by atoms with Gasteiger partial charge in [0.15, 0.2) is 0 Å². The number of H-pyrrole nitrogens is 1. The lowest BCUT2D eigenvalue weighted by molar-refractivity contribution is -0.129. The molecule has 0 radical (unpaired) electrons. The Labute approximate surface area is 174 Å². The van der Waals surface area contributed by atoms with Gasteiger partial charge >= 0.3 is 6.03 Å². The van der Waals surface area contributed by atoms with Crippen LogP contribution in [0.1, 0.15) is 29.8 Å². The third-order valence-electron chi connectivity index (χ3n) is 6.22. The van der Waals surface area contributed by atoms with Crippen molar-refractivity contribution >= 4 is 22.8 Å². The van der Waals surface area contributed by atoms with Gasteiger partial charge in [-0.15, -0.1) is 0 Å². The molecule has 1 N–H and O–H groups in total. The van der Waals surface area contributed by atoms with Gasteiger partial charge in [0.2, 0.25) is 0 Å². The molecular formula is C23H23N3O4. The van der Waals surface area contributed by atoms with E-state index in [4.69, 9.17) is 9.47 Å². The van der Waals surface area contributed by atoms with Gasteiger partial charge in [-0.05, 0) is 48.4 Å². The lowest BCUT2D eigenvalue weighted by Crippen LogP contribution is -2.42. The van der Waals surface area contributed by atoms with Gasteiger partial charge in [-0.1, -0.05) is 12.1 Å². The Hall–Kier alpha value is -3.48. The second-order valence-electron chi connectivity index (χ2n) is 7.79. The number of urea groups is 1. The molecule has 0 spiro atoms. The summed E-state index contributed by atoms with van der Waals surface area (Å²) in [5, 5.41) is 1.05. The van der Waals surface area contributed by atoms with Gasteiger partial charge in [-0.3, -0.25) is 9.69 Å². The molecule has 3 amide bonds. The number of rotatable bonds is 4. The van der Waals surface area contributed by atoms with E-state index in [2.05, 4.69) is 4.98 Å². The minimum absolute atomic E-state index is 0.148. The molecule has 2 aliphatic rings. The fourth-order valence-electron chi connectivity index (χ4n) is 4.63. The largest absolute Gasteiger partial charge is 0.497 e. The topological polar surface area (TPSA) is 74.9 Å². The van der Waals surface area contributed by atoms with Crippen LogP contribution in [0.5, 0.6) is 11.5 Å². The molecule has 7 nitrogen and oxygen atoms in total. The summed E-state index contributed by atoms with van der Waals surface area (Å²) in [5.41, 5.74) is 3.95. The van der Waals surface area contributed by atoms with Crippen LogP contribution < -0.4 is 9.47 Å². The monoisotopic (exact) mass is 405 g/mol. The first-order valence-corrected chi connectivity index (χ1v) is 9.97. The number of hydrogen-bond donors (Lipinski definition) is 1. The molecule has 0 saturated carbocycles. The zero-order valence-corrected chi connectivity index (χ0v) is 17.1. The van der Waals surface area contributed by atoms with Crippen LogP contribution in [-0.2, 0) is 17.8 Å². The Morgan fingerprint density at radius 2 is 1.73 bits per heavy atom. The van der Waals surface area contributed by atoms with Crippen LogP contribution in [0, 0.1) is 0 Å². The molecule has 1 saturated heterocycles. The predicted molar refractivity (Wildman–Crippen MR) is 112 cm³/mol. The lowest BCUT2D eigenvalue weighted by Gasteiger charge is -2.33. The lowest BCUT2D eigenvalue weighted by atomic mass is 9.93. The van der Waals surface area contributed by atoms with Crippen molar-refractivity contribution < 1.29 is 19.1 Å². The van der Waals surface area contributed by atoms with E-state index in [0.29, 0.717) is 6.42 Å². The summed E-state index contributed by atoms with van der Waals surface area (Å²) in [4.78, 5) is 32.9. The maximum Gasteiger partial charge on any atom is 0.328 e. The van der Waals surface area contributed by atoms with Crippen molar-refractivity contribution in [3.8, 4) is 11.5 Å². The van der Waals surface area contributed by atoms with Crippen LogP contribution in [0.2, 0.25) is 0 Å². The van der Waals surface area contributed by atoms with Crippen molar-refractivity contribution in [3.63, 3.8) is 0 Å². The van der Waals surface area contributed by atoms with Crippen molar-refractivity contribution in [2.75, 3.05) is 14.2 Å². The second-order valence-corrected chi connectivity index (χ2v) is 7.79. The number of fused-ring (bicyclic) bond motifs is 4. The molecule has 1 fully saturated rings. The molecule has 2 aromatic carbocycles. The third kappa shape index (κ3) is 2.65. The number of amides is 3. The Morgan fingerprint density at radius 1 is 1.03 bits per heavy atom. The Bertz CT molecular complexity index is 1150. The molecule has 30 heavy (non-hydrogen) atoms. The first-order valence-electron chi connectivity index (χ1n) is 9.97. The average Bonchev–Trinajstić information content (AvgIpc) is 3.25. The number of carbonyl (C=O) groups is 2. The number of methoxy groups -OCH3 is 2. The molecule has 2 atom stereocenters. The molecule has 154 valence electrons. The number of nitrogens with zero attached hydrogens (tertiary/aromatic N) is 2. The zero-order chi connectivity index (χ0) is 21.0. The van der Waals surface area contributed by atoms with Crippen molar-refractivity contribution in [1.29, 1.82) is 0 Å². The molecular weight excluding hydrogens is 382 g/mol. The molecule has 3 aromatic rings. The van der Waals surface area contributed by atoms with Crippen molar-refractivity contribution in [2.45, 2.75) is 32.0 Å². The van der Waals surface area contributed by atoms with Gasteiger partial charge in [-0.2, -0.15) is 0 Å². The third-order valence-corrected chi connectivity index (χ3v) is 6.22. The van der Waals surface area contributed by atoms with Crippen molar-refractivity contribution in [3.05, 3.63) is 59.3 Å². The molecule has 5 rings (SSSR count). The van der Waals surface area contributed by atoms with E-state index >= 15 is 0 Å². The second kappa shape index (κ2) is 6.79. The fraction of sp³-hybridized carbons (Fsp3) is 0.304. The molecule has 3 heterocycles. The van der Waals surface area contributed by atoms with Crippen molar-refractivity contribution in [2.24, 2.45) is 0 Å². The number of benzene rings is 2. The summed E-state index contributed by atoms with van der Waals surface area (Å²) in [6.45, 7) is 2.23. The van der Waals surface area contributed by atoms with Crippen LogP contribution in [-0.4, -0.2) is 47.0 Å². The molecule has 7 heteroatoms. The highest BCUT2D eigenvalue weighted by Crippen LogP contribution is 2.41. The summed E-state index contributed by atoms with van der Waals surface area (Å²) in [6.07, 6.45) is 0.497. The first-order chi connectivity index (χ1) is 14.5. The van der Waals surface area contributed by atoms with Crippen LogP contribution in [0.25, 0.3) is 10.9 Å². The molecule has 0 aliphatic carbocycles. The van der Waals surface area contributed by atoms with Gasteiger partial charge in [0.05, 0.1) is 26.8 Å². The molecule has 0 bridgehead atoms. The summed E-state index contributed by atoms with van der Waals surface area (Å²) in [6, 6.07) is 12.4. The Morgan fingerprint density at radius 3 is 2.43 bits per heavy atom. The maximum absolute atomic E-state index is 13.2. The highest BCUT2D eigenvalue weighted by Gasteiger charge is 2.50. The number of imide groups is 1. The standard InChI is InChI=1S/C23H23N3O4/c1-13-21-18(17-10-16(30-3)8-9-19(17)24-21)11-20-22(27)25(23(28)26(13)20)12-14-4-6-15(29-2)7-5-14/h4-10,13,20,24H,11-12H2,1-3H3. The van der Waals surface area contributed by atoms with Crippen LogP contribution in [0.4, 0.5) is 4.79 Å². The smallest absolute Gasteiger partial charge is 0.328 e. The van der Waals surface area contributed by atoms with Crippen molar-refractivity contribution in [1.82, 2.24) is 14.8 Å². The van der Waals surface area contributed by atoms with E-state index in [0.717, 1.165) is 39.2 Å². The summed E-state index contributed by atoms with van der Waals surface area (Å²) >= 11 is 0. The number of ether oxygens (including phenoxy) is 2. The minimum atomic E-state index is -0.483. The number of aromatic nitrogens is 1. The molecule has 1 aromatic heterocycles. The summed E-state index contributed by atoms with van der Waals surface area (Å²) in [7, 11) is 3.25. The zero-order valence-electron chi connectivity index (χ0n) is 17.1. The van der Waals surface area contributed by atoms with Gasteiger partial charge < -0.3 is 19.4 Å². The van der Waals surface area contributed by atoms with E-state index in [1.165, 1.54) is 4.90 Å². The van der Waals surface area contributed by atoms with Gasteiger partial charge in [0.1, 0.15) is 17.5 Å². The van der Waals surface area contributed by atoms with E-state index in [1.54, 1.807) is 19.1 Å². The Balaban J connectivity index is 1.47. The maximum atomic E-state index is 13.2. The van der Waals surface area contributed by atoms with Crippen LogP contribution >= 0.6 is 0 Å². The fourth-order valence-corrected chi connectivity index (χ4v) is 4.63. The predicted octanol–water partition coefficient (Wildman–Crippen LogP) is 3.64. The first kappa shape index (κ1) is 18.5. The van der Waals surface area contributed by atoms with Gasteiger partial charge in [-0.25, -0.2) is 4.79 Å². The minimum Gasteiger partial charge on any atom is -0.497 e. The summed E-state index contributed by atoms with van der Waals surface area (Å²) in [5.74, 6) is 1.37. The number of carbonyl (C=O) groups excluding carboxylic acids is 2. The molecule has 2 unspecified atom stereocenters. The quantitative estimate of drug-likeness (QED) is 0.673.